The van der Waals surface area contributed by atoms with E-state index >= 15 is 0 Å². The Kier molecular flexibility index (Phi) is 4.05. The molecule has 1 aromatic carbocycles. The van der Waals surface area contributed by atoms with E-state index in [1.165, 1.54) is 0 Å². The highest BCUT2D eigenvalue weighted by atomic mass is 16.8. The maximum absolute atomic E-state index is 9.62. The predicted octanol–water partition coefficient (Wildman–Crippen LogP) is 1.09. The SMILES string of the molecule is CO[C@@H]1C[C@H](OCc2ccccc2)C2(CO)OC[C@@H]1O2. The second-order valence-corrected chi connectivity index (χ2v) is 5.23. The first-order valence-corrected chi connectivity index (χ1v) is 6.88. The molecule has 1 unspecified atom stereocenters. The van der Waals surface area contributed by atoms with E-state index in [2.05, 4.69) is 0 Å². The molecule has 5 heteroatoms. The van der Waals surface area contributed by atoms with Gasteiger partial charge < -0.3 is 24.1 Å². The summed E-state index contributed by atoms with van der Waals surface area (Å²) in [5.74, 6) is -1.03. The van der Waals surface area contributed by atoms with E-state index in [4.69, 9.17) is 18.9 Å². The van der Waals surface area contributed by atoms with Gasteiger partial charge in [0.25, 0.3) is 0 Å². The van der Waals surface area contributed by atoms with Crippen LogP contribution in [0.4, 0.5) is 0 Å². The fraction of sp³-hybridized carbons (Fsp3) is 0.600. The molecule has 110 valence electrons. The zero-order chi connectivity index (χ0) is 14.0. The van der Waals surface area contributed by atoms with Crippen molar-refractivity contribution in [2.45, 2.75) is 37.1 Å². The minimum Gasteiger partial charge on any atom is -0.391 e. The number of aliphatic hydroxyl groups excluding tert-OH is 1. The number of ether oxygens (including phenoxy) is 4. The van der Waals surface area contributed by atoms with Crippen LogP contribution in [0.25, 0.3) is 0 Å². The van der Waals surface area contributed by atoms with Crippen molar-refractivity contribution in [3.8, 4) is 0 Å². The molecule has 0 amide bonds. The minimum absolute atomic E-state index is 0.0575. The number of fused-ring (bicyclic) bond motifs is 2. The summed E-state index contributed by atoms with van der Waals surface area (Å²) in [4.78, 5) is 0. The van der Waals surface area contributed by atoms with Crippen molar-refractivity contribution in [2.75, 3.05) is 20.3 Å². The summed E-state index contributed by atoms with van der Waals surface area (Å²) in [5.41, 5.74) is 1.08. The van der Waals surface area contributed by atoms with E-state index in [0.717, 1.165) is 5.56 Å². The molecule has 2 saturated heterocycles. The van der Waals surface area contributed by atoms with Gasteiger partial charge in [0, 0.05) is 13.5 Å². The molecule has 3 rings (SSSR count). The van der Waals surface area contributed by atoms with Gasteiger partial charge >= 0.3 is 0 Å². The van der Waals surface area contributed by atoms with Crippen LogP contribution in [0.2, 0.25) is 0 Å². The van der Waals surface area contributed by atoms with Gasteiger partial charge in [-0.05, 0) is 5.56 Å². The van der Waals surface area contributed by atoms with Gasteiger partial charge in [-0.15, -0.1) is 0 Å². The predicted molar refractivity (Wildman–Crippen MR) is 71.1 cm³/mol. The first-order chi connectivity index (χ1) is 9.77. The second-order valence-electron chi connectivity index (χ2n) is 5.23. The van der Waals surface area contributed by atoms with Crippen LogP contribution in [0.3, 0.4) is 0 Å². The highest BCUT2D eigenvalue weighted by molar-refractivity contribution is 5.13. The van der Waals surface area contributed by atoms with Crippen LogP contribution in [-0.2, 0) is 25.6 Å². The van der Waals surface area contributed by atoms with Gasteiger partial charge in [0.2, 0.25) is 5.79 Å². The molecule has 4 atom stereocenters. The van der Waals surface area contributed by atoms with Gasteiger partial charge in [-0.25, -0.2) is 0 Å². The molecule has 2 fully saturated rings. The second kappa shape index (κ2) is 5.79. The summed E-state index contributed by atoms with van der Waals surface area (Å²) >= 11 is 0. The van der Waals surface area contributed by atoms with E-state index in [1.807, 2.05) is 30.3 Å². The highest BCUT2D eigenvalue weighted by Crippen LogP contribution is 2.39. The Hall–Kier alpha value is -0.980. The standard InChI is InChI=1S/C15H20O5/c1-17-12-7-14(15(10-16)19-9-13(12)20-15)18-8-11-5-3-2-4-6-11/h2-6,12-14,16H,7-10H2,1H3/t12-,13+,14+,15?/m1/s1. The van der Waals surface area contributed by atoms with Gasteiger partial charge in [0.1, 0.15) is 12.2 Å². The summed E-state index contributed by atoms with van der Waals surface area (Å²) < 4.78 is 22.8. The van der Waals surface area contributed by atoms with Gasteiger partial charge in [-0.2, -0.15) is 0 Å². The molecule has 1 aromatic rings. The van der Waals surface area contributed by atoms with Crippen LogP contribution in [0.15, 0.2) is 30.3 Å². The highest BCUT2D eigenvalue weighted by Gasteiger charge is 2.55. The molecule has 0 saturated carbocycles. The summed E-state index contributed by atoms with van der Waals surface area (Å²) in [6, 6.07) is 9.91. The first kappa shape index (κ1) is 14.0. The van der Waals surface area contributed by atoms with Crippen molar-refractivity contribution in [3.63, 3.8) is 0 Å². The van der Waals surface area contributed by atoms with E-state index in [9.17, 15) is 5.11 Å². The van der Waals surface area contributed by atoms with Crippen LogP contribution >= 0.6 is 0 Å². The molecular weight excluding hydrogens is 260 g/mol. The molecule has 1 N–H and O–H groups in total. The lowest BCUT2D eigenvalue weighted by atomic mass is 9.98. The summed E-state index contributed by atoms with van der Waals surface area (Å²) in [6.45, 7) is 0.685. The Labute approximate surface area is 118 Å². The Morgan fingerprint density at radius 2 is 2.15 bits per heavy atom. The molecule has 2 heterocycles. The normalized spacial score (nSPS) is 36.2. The molecule has 0 radical (unpaired) electrons. The van der Waals surface area contributed by atoms with Crippen molar-refractivity contribution in [1.82, 2.24) is 0 Å². The van der Waals surface area contributed by atoms with E-state index < -0.39 is 5.79 Å². The Balaban J connectivity index is 1.69. The summed E-state index contributed by atoms with van der Waals surface area (Å²) in [7, 11) is 1.66. The zero-order valence-electron chi connectivity index (χ0n) is 11.5. The van der Waals surface area contributed by atoms with Crippen LogP contribution in [0, 0.1) is 0 Å². The first-order valence-electron chi connectivity index (χ1n) is 6.88. The molecule has 0 aromatic heterocycles. The molecule has 0 spiro atoms. The molecule has 2 aliphatic rings. The van der Waals surface area contributed by atoms with Gasteiger partial charge in [0.15, 0.2) is 0 Å². The van der Waals surface area contributed by atoms with Crippen molar-refractivity contribution in [3.05, 3.63) is 35.9 Å². The minimum atomic E-state index is -1.03. The van der Waals surface area contributed by atoms with Crippen molar-refractivity contribution < 1.29 is 24.1 Å². The fourth-order valence-corrected chi connectivity index (χ4v) is 2.84. The molecule has 0 aliphatic carbocycles. The number of hydrogen-bond donors (Lipinski definition) is 1. The smallest absolute Gasteiger partial charge is 0.219 e. The van der Waals surface area contributed by atoms with Gasteiger partial charge in [0.05, 0.1) is 25.9 Å². The molecule has 2 bridgehead atoms. The number of aliphatic hydroxyl groups is 1. The van der Waals surface area contributed by atoms with Gasteiger partial charge in [-0.1, -0.05) is 30.3 Å². The van der Waals surface area contributed by atoms with Crippen LogP contribution in [-0.4, -0.2) is 49.5 Å². The Morgan fingerprint density at radius 3 is 2.85 bits per heavy atom. The third-order valence-corrected chi connectivity index (χ3v) is 4.01. The monoisotopic (exact) mass is 280 g/mol. The quantitative estimate of drug-likeness (QED) is 0.875. The molecule has 2 aliphatic heterocycles. The number of benzene rings is 1. The maximum Gasteiger partial charge on any atom is 0.219 e. The zero-order valence-corrected chi connectivity index (χ0v) is 11.5. The van der Waals surface area contributed by atoms with Crippen LogP contribution in [0.5, 0.6) is 0 Å². The number of hydrogen-bond acceptors (Lipinski definition) is 5. The third-order valence-electron chi connectivity index (χ3n) is 4.01. The van der Waals surface area contributed by atoms with E-state index in [1.54, 1.807) is 7.11 Å². The van der Waals surface area contributed by atoms with Crippen molar-refractivity contribution in [1.29, 1.82) is 0 Å². The van der Waals surface area contributed by atoms with Crippen molar-refractivity contribution in [2.24, 2.45) is 0 Å². The number of rotatable bonds is 5. The average Bonchev–Trinajstić information content (AvgIpc) is 2.89. The lowest BCUT2D eigenvalue weighted by Gasteiger charge is -2.40. The lowest BCUT2D eigenvalue weighted by Crippen LogP contribution is -2.55. The topological polar surface area (TPSA) is 57.2 Å². The lowest BCUT2D eigenvalue weighted by molar-refractivity contribution is -0.291. The molecule has 20 heavy (non-hydrogen) atoms. The van der Waals surface area contributed by atoms with Crippen LogP contribution < -0.4 is 0 Å². The van der Waals surface area contributed by atoms with E-state index in [0.29, 0.717) is 19.6 Å². The van der Waals surface area contributed by atoms with Gasteiger partial charge in [-0.3, -0.25) is 0 Å². The summed E-state index contributed by atoms with van der Waals surface area (Å²) in [5, 5.41) is 9.62. The fourth-order valence-electron chi connectivity index (χ4n) is 2.84. The van der Waals surface area contributed by atoms with E-state index in [-0.39, 0.29) is 24.9 Å². The summed E-state index contributed by atoms with van der Waals surface area (Å²) in [6.07, 6.45) is 0.146. The molecule has 5 nitrogen and oxygen atoms in total. The number of methoxy groups -OCH3 is 1. The maximum atomic E-state index is 9.62. The van der Waals surface area contributed by atoms with Crippen LogP contribution in [0.1, 0.15) is 12.0 Å². The third kappa shape index (κ3) is 2.47. The van der Waals surface area contributed by atoms with Crippen molar-refractivity contribution >= 4 is 0 Å². The Morgan fingerprint density at radius 1 is 1.35 bits per heavy atom. The molecular formula is C15H20O5. The largest absolute Gasteiger partial charge is 0.391 e. The average molecular weight is 280 g/mol. The Bertz CT molecular complexity index is 437.